The van der Waals surface area contributed by atoms with E-state index in [1.165, 1.54) is 47.4 Å². The molecular formula is C23H18N6O9. The number of hydrogen-bond donors (Lipinski definition) is 3. The average Bonchev–Trinajstić information content (AvgIpc) is 3.35. The number of nitrogens with one attached hydrogen (secondary N) is 2. The molecule has 4 aromatic rings. The van der Waals surface area contributed by atoms with E-state index in [1.807, 2.05) is 0 Å². The first-order chi connectivity index (χ1) is 18.2. The van der Waals surface area contributed by atoms with Gasteiger partial charge in [0.15, 0.2) is 0 Å². The molecule has 4 rings (SSSR count). The summed E-state index contributed by atoms with van der Waals surface area (Å²) in [6.07, 6.45) is 1.80. The quantitative estimate of drug-likeness (QED) is 0.174. The van der Waals surface area contributed by atoms with E-state index >= 15 is 0 Å². The number of aromatic nitrogens is 4. The molecule has 15 nitrogen and oxygen atoms in total. The Labute approximate surface area is 211 Å². The first-order valence-corrected chi connectivity index (χ1v) is 10.9. The first kappa shape index (κ1) is 25.5. The van der Waals surface area contributed by atoms with Gasteiger partial charge in [0.1, 0.15) is 12.3 Å². The summed E-state index contributed by atoms with van der Waals surface area (Å²) >= 11 is 0. The van der Waals surface area contributed by atoms with Gasteiger partial charge in [-0.1, -0.05) is 0 Å². The monoisotopic (exact) mass is 522 g/mol. The molecule has 15 heteroatoms. The van der Waals surface area contributed by atoms with E-state index in [4.69, 9.17) is 14.6 Å². The predicted octanol–water partition coefficient (Wildman–Crippen LogP) is 2.64. The zero-order valence-corrected chi connectivity index (χ0v) is 19.5. The molecule has 2 heterocycles. The molecule has 2 aromatic carbocycles. The Kier molecular flexibility index (Phi) is 7.09. The van der Waals surface area contributed by atoms with Crippen LogP contribution in [0.5, 0.6) is 0 Å². The van der Waals surface area contributed by atoms with Crippen molar-refractivity contribution in [3.63, 3.8) is 0 Å². The van der Waals surface area contributed by atoms with Crippen molar-refractivity contribution >= 4 is 40.4 Å². The molecule has 0 spiro atoms. The van der Waals surface area contributed by atoms with E-state index in [0.29, 0.717) is 11.3 Å². The number of hydrogen-bond acceptors (Lipinski definition) is 10. The second-order valence-corrected chi connectivity index (χ2v) is 7.61. The van der Waals surface area contributed by atoms with Gasteiger partial charge in [0.25, 0.3) is 11.2 Å². The molecule has 0 unspecified atom stereocenters. The molecule has 0 saturated carbocycles. The summed E-state index contributed by atoms with van der Waals surface area (Å²) in [6.45, 7) is 1.64. The maximum absolute atomic E-state index is 12.2. The summed E-state index contributed by atoms with van der Waals surface area (Å²) in [4.78, 5) is 68.1. The summed E-state index contributed by atoms with van der Waals surface area (Å²) in [5.41, 5.74) is -1.27. The van der Waals surface area contributed by atoms with Gasteiger partial charge in [-0.2, -0.15) is 0 Å². The molecule has 0 bridgehead atoms. The third kappa shape index (κ3) is 5.46. The standard InChI is InChI=1S/C23H18N6O9/c1-2-37-22(33)12-3-5-13(6-4-12)25-23(34)38-10-14-9-28(11-24-14)17-7-15-16(8-18(17)29(35)36)27-20(30)19(26-15)21(31)32/h3-9,11H,2,10H2,1H3,(H,25,34)(H,27,30)(H,31,32). The highest BCUT2D eigenvalue weighted by atomic mass is 16.6. The van der Waals surface area contributed by atoms with Crippen molar-refractivity contribution in [3.05, 3.63) is 86.3 Å². The van der Waals surface area contributed by atoms with E-state index in [0.717, 1.165) is 6.07 Å². The number of nitro benzene ring substituents is 1. The number of aromatic carboxylic acids is 1. The van der Waals surface area contributed by atoms with Gasteiger partial charge < -0.3 is 19.6 Å². The van der Waals surface area contributed by atoms with Crippen LogP contribution in [0, 0.1) is 10.1 Å². The van der Waals surface area contributed by atoms with Crippen LogP contribution in [0.15, 0.2) is 53.7 Å². The first-order valence-electron chi connectivity index (χ1n) is 10.9. The highest BCUT2D eigenvalue weighted by molar-refractivity contribution is 5.91. The molecule has 38 heavy (non-hydrogen) atoms. The van der Waals surface area contributed by atoms with Gasteiger partial charge in [-0.25, -0.2) is 24.4 Å². The van der Waals surface area contributed by atoms with Crippen molar-refractivity contribution in [2.45, 2.75) is 13.5 Å². The summed E-state index contributed by atoms with van der Waals surface area (Å²) in [5, 5.41) is 23.3. The number of fused-ring (bicyclic) bond motifs is 1. The summed E-state index contributed by atoms with van der Waals surface area (Å²) in [5.74, 6) is -2.04. The number of carboxylic acid groups (broad SMARTS) is 1. The molecule has 3 N–H and O–H groups in total. The maximum atomic E-state index is 12.2. The van der Waals surface area contributed by atoms with Crippen LogP contribution in [0.2, 0.25) is 0 Å². The summed E-state index contributed by atoms with van der Waals surface area (Å²) in [6, 6.07) is 8.25. The van der Waals surface area contributed by atoms with Crippen molar-refractivity contribution in [1.29, 1.82) is 0 Å². The zero-order chi connectivity index (χ0) is 27.4. The van der Waals surface area contributed by atoms with Gasteiger partial charge in [0, 0.05) is 18.0 Å². The molecule has 194 valence electrons. The van der Waals surface area contributed by atoms with Gasteiger partial charge in [0.05, 0.1) is 40.1 Å². The molecule has 0 aliphatic heterocycles. The van der Waals surface area contributed by atoms with Gasteiger partial charge in [-0.15, -0.1) is 0 Å². The van der Waals surface area contributed by atoms with Crippen LogP contribution >= 0.6 is 0 Å². The van der Waals surface area contributed by atoms with E-state index in [1.54, 1.807) is 6.92 Å². The van der Waals surface area contributed by atoms with E-state index in [2.05, 4.69) is 20.3 Å². The van der Waals surface area contributed by atoms with Crippen molar-refractivity contribution < 1.29 is 33.9 Å². The Bertz CT molecular complexity index is 1620. The number of amides is 1. The fraction of sp³-hybridized carbons (Fsp3) is 0.130. The van der Waals surface area contributed by atoms with Crippen LogP contribution in [0.25, 0.3) is 16.7 Å². The lowest BCUT2D eigenvalue weighted by Gasteiger charge is -2.07. The zero-order valence-electron chi connectivity index (χ0n) is 19.5. The van der Waals surface area contributed by atoms with Gasteiger partial charge >= 0.3 is 18.0 Å². The third-order valence-electron chi connectivity index (χ3n) is 5.10. The second-order valence-electron chi connectivity index (χ2n) is 7.61. The number of carbonyl (C=O) groups is 3. The smallest absolute Gasteiger partial charge is 0.412 e. The number of ether oxygens (including phenoxy) is 2. The maximum Gasteiger partial charge on any atom is 0.412 e. The predicted molar refractivity (Wildman–Crippen MR) is 129 cm³/mol. The Hall–Kier alpha value is -5.60. The number of esters is 1. The van der Waals surface area contributed by atoms with E-state index in [9.17, 15) is 29.3 Å². The molecular weight excluding hydrogens is 504 g/mol. The van der Waals surface area contributed by atoms with Crippen LogP contribution in [-0.4, -0.2) is 54.2 Å². The Morgan fingerprint density at radius 3 is 2.58 bits per heavy atom. The lowest BCUT2D eigenvalue weighted by atomic mass is 10.2. The lowest BCUT2D eigenvalue weighted by molar-refractivity contribution is -0.384. The van der Waals surface area contributed by atoms with Crippen molar-refractivity contribution in [1.82, 2.24) is 19.5 Å². The molecule has 1 amide bonds. The molecule has 0 saturated heterocycles. The van der Waals surface area contributed by atoms with Crippen LogP contribution in [0.4, 0.5) is 16.2 Å². The number of aromatic amines is 1. The highest BCUT2D eigenvalue weighted by Gasteiger charge is 2.21. The molecule has 0 radical (unpaired) electrons. The topological polar surface area (TPSA) is 209 Å². The Balaban J connectivity index is 1.49. The number of H-pyrrole nitrogens is 1. The number of anilines is 1. The van der Waals surface area contributed by atoms with Crippen LogP contribution in [0.1, 0.15) is 33.5 Å². The second kappa shape index (κ2) is 10.6. The Morgan fingerprint density at radius 2 is 1.92 bits per heavy atom. The van der Waals surface area contributed by atoms with Crippen LogP contribution in [0.3, 0.4) is 0 Å². The van der Waals surface area contributed by atoms with Gasteiger partial charge in [-0.05, 0) is 37.3 Å². The summed E-state index contributed by atoms with van der Waals surface area (Å²) < 4.78 is 11.3. The van der Waals surface area contributed by atoms with E-state index < -0.39 is 39.9 Å². The number of imidazole rings is 1. The number of nitro groups is 1. The van der Waals surface area contributed by atoms with Crippen LogP contribution < -0.4 is 10.9 Å². The average molecular weight is 522 g/mol. The SMILES string of the molecule is CCOC(=O)c1ccc(NC(=O)OCc2cn(-c3cc4nc(C(=O)O)c(=O)[nH]c4cc3[N+](=O)[O-])cn2)cc1. The fourth-order valence-corrected chi connectivity index (χ4v) is 3.38. The third-order valence-corrected chi connectivity index (χ3v) is 5.10. The number of nitrogens with zero attached hydrogens (tertiary/aromatic N) is 4. The van der Waals surface area contributed by atoms with E-state index in [-0.39, 0.29) is 35.6 Å². The largest absolute Gasteiger partial charge is 0.476 e. The summed E-state index contributed by atoms with van der Waals surface area (Å²) in [7, 11) is 0. The molecule has 0 aliphatic rings. The number of carbonyl (C=O) groups excluding carboxylic acids is 2. The number of carboxylic acids is 1. The minimum Gasteiger partial charge on any atom is -0.476 e. The number of rotatable bonds is 8. The molecule has 2 aromatic heterocycles. The van der Waals surface area contributed by atoms with Gasteiger partial charge in [0.2, 0.25) is 5.69 Å². The minimum atomic E-state index is -1.55. The normalized spacial score (nSPS) is 10.7. The van der Waals surface area contributed by atoms with Crippen LogP contribution in [-0.2, 0) is 16.1 Å². The van der Waals surface area contributed by atoms with Crippen molar-refractivity contribution in [2.75, 3.05) is 11.9 Å². The molecule has 0 atom stereocenters. The highest BCUT2D eigenvalue weighted by Crippen LogP contribution is 2.27. The Morgan fingerprint density at radius 1 is 1.18 bits per heavy atom. The van der Waals surface area contributed by atoms with Crippen molar-refractivity contribution in [2.24, 2.45) is 0 Å². The fourth-order valence-electron chi connectivity index (χ4n) is 3.38. The minimum absolute atomic E-state index is 0.00227. The molecule has 0 aliphatic carbocycles. The molecule has 0 fully saturated rings. The lowest BCUT2D eigenvalue weighted by Crippen LogP contribution is -2.20. The number of benzene rings is 2. The van der Waals surface area contributed by atoms with Gasteiger partial charge in [-0.3, -0.25) is 24.8 Å². The van der Waals surface area contributed by atoms with Crippen molar-refractivity contribution in [3.8, 4) is 5.69 Å².